The Kier molecular flexibility index (Phi) is 5.52. The molecule has 2 N–H and O–H groups in total. The number of amides is 2. The number of fused-ring (bicyclic) bond motifs is 2. The summed E-state index contributed by atoms with van der Waals surface area (Å²) in [4.78, 5) is 42.4. The number of carbonyl (C=O) groups excluding carboxylic acids is 2. The quantitative estimate of drug-likeness (QED) is 0.641. The molecule has 1 saturated heterocycles. The maximum Gasteiger partial charge on any atom is 0.270 e. The Balaban J connectivity index is 1.50. The molecule has 5 rings (SSSR count). The number of aromatic nitrogens is 3. The van der Waals surface area contributed by atoms with Crippen molar-refractivity contribution in [3.8, 4) is 0 Å². The number of nitrogens with one attached hydrogen (secondary N) is 2. The van der Waals surface area contributed by atoms with Crippen molar-refractivity contribution in [1.29, 1.82) is 0 Å². The first-order valence-corrected chi connectivity index (χ1v) is 11.7. The number of nitrogens with zero attached hydrogens (tertiary/aromatic N) is 4. The van der Waals surface area contributed by atoms with Crippen LogP contribution in [0.4, 0.5) is 5.82 Å². The van der Waals surface area contributed by atoms with Gasteiger partial charge in [0.25, 0.3) is 5.91 Å². The zero-order valence-corrected chi connectivity index (χ0v) is 19.4. The van der Waals surface area contributed by atoms with E-state index < -0.39 is 0 Å². The highest BCUT2D eigenvalue weighted by molar-refractivity contribution is 5.99. The molecule has 2 aliphatic rings. The lowest BCUT2D eigenvalue weighted by Crippen LogP contribution is -2.40. The third-order valence-electron chi connectivity index (χ3n) is 6.94. The molecule has 0 aliphatic carbocycles. The first kappa shape index (κ1) is 21.4. The topological polar surface area (TPSA) is 94.2 Å². The number of likely N-dealkylation sites (tertiary alicyclic amines) is 1. The van der Waals surface area contributed by atoms with Gasteiger partial charge in [0.05, 0.1) is 18.3 Å². The minimum absolute atomic E-state index is 0.0204. The van der Waals surface area contributed by atoms with Crippen LogP contribution < -0.4 is 5.32 Å². The van der Waals surface area contributed by atoms with Crippen molar-refractivity contribution in [2.24, 2.45) is 0 Å². The Hall–Kier alpha value is -3.42. The van der Waals surface area contributed by atoms with Gasteiger partial charge < -0.3 is 20.1 Å². The molecule has 8 heteroatoms. The van der Waals surface area contributed by atoms with Crippen molar-refractivity contribution < 1.29 is 9.59 Å². The Morgan fingerprint density at radius 2 is 2.03 bits per heavy atom. The second kappa shape index (κ2) is 8.50. The second-order valence-electron chi connectivity index (χ2n) is 9.03. The molecule has 0 spiro atoms. The van der Waals surface area contributed by atoms with E-state index in [4.69, 9.17) is 9.97 Å². The van der Waals surface area contributed by atoms with Crippen molar-refractivity contribution in [2.75, 3.05) is 25.5 Å². The molecule has 33 heavy (non-hydrogen) atoms. The standard InChI is InChI=1S/C25H30N6O2/c1-15-7-6-8-19-18(15)13-20(27-19)25(33)31-11-5-4-9-22(31)24-28-21-14-30(16(2)32)12-10-17(21)23(26-3)29-24/h6-8,13,22,27H,4-5,9-12,14H2,1-3H3,(H,26,28,29)/t22-/m1/s1. The number of aromatic amines is 1. The normalized spacial score (nSPS) is 18.3. The number of benzene rings is 1. The van der Waals surface area contributed by atoms with Gasteiger partial charge in [0, 0.05) is 43.5 Å². The lowest BCUT2D eigenvalue weighted by Gasteiger charge is -2.36. The molecule has 3 aromatic rings. The number of H-pyrrole nitrogens is 1. The molecule has 4 heterocycles. The SMILES string of the molecule is CNc1nc([C@H]2CCCCN2C(=O)c2cc3c(C)cccc3[nH]2)nc2c1CCN(C(C)=O)C2. The van der Waals surface area contributed by atoms with E-state index in [-0.39, 0.29) is 17.9 Å². The first-order valence-electron chi connectivity index (χ1n) is 11.7. The summed E-state index contributed by atoms with van der Waals surface area (Å²) < 4.78 is 0. The van der Waals surface area contributed by atoms with E-state index in [9.17, 15) is 9.59 Å². The lowest BCUT2D eigenvalue weighted by atomic mass is 9.99. The molecule has 0 unspecified atom stereocenters. The average molecular weight is 447 g/mol. The third kappa shape index (κ3) is 3.83. The van der Waals surface area contributed by atoms with Crippen LogP contribution in [0, 0.1) is 6.92 Å². The van der Waals surface area contributed by atoms with Crippen LogP contribution in [-0.4, -0.2) is 56.7 Å². The molecule has 172 valence electrons. The molecule has 2 amide bonds. The summed E-state index contributed by atoms with van der Waals surface area (Å²) in [5, 5.41) is 4.28. The van der Waals surface area contributed by atoms with Crippen LogP contribution in [0.3, 0.4) is 0 Å². The number of piperidine rings is 1. The van der Waals surface area contributed by atoms with E-state index in [1.165, 1.54) is 0 Å². The van der Waals surface area contributed by atoms with Crippen LogP contribution in [0.15, 0.2) is 24.3 Å². The molecule has 2 aromatic heterocycles. The highest BCUT2D eigenvalue weighted by Gasteiger charge is 2.33. The lowest BCUT2D eigenvalue weighted by molar-refractivity contribution is -0.129. The zero-order chi connectivity index (χ0) is 23.1. The van der Waals surface area contributed by atoms with Crippen molar-refractivity contribution >= 4 is 28.5 Å². The number of hydrogen-bond donors (Lipinski definition) is 2. The van der Waals surface area contributed by atoms with Gasteiger partial charge in [0.2, 0.25) is 5.91 Å². The van der Waals surface area contributed by atoms with Crippen LogP contribution in [-0.2, 0) is 17.8 Å². The van der Waals surface area contributed by atoms with Gasteiger partial charge in [-0.05, 0) is 50.3 Å². The number of carbonyl (C=O) groups is 2. The Labute approximate surface area is 193 Å². The molecular weight excluding hydrogens is 416 g/mol. The van der Waals surface area contributed by atoms with Gasteiger partial charge in [0.1, 0.15) is 11.5 Å². The third-order valence-corrected chi connectivity index (χ3v) is 6.94. The van der Waals surface area contributed by atoms with Crippen LogP contribution in [0.2, 0.25) is 0 Å². The van der Waals surface area contributed by atoms with E-state index in [2.05, 4.69) is 23.3 Å². The van der Waals surface area contributed by atoms with Crippen molar-refractivity contribution in [3.05, 3.63) is 52.6 Å². The van der Waals surface area contributed by atoms with E-state index in [1.807, 2.05) is 35.0 Å². The van der Waals surface area contributed by atoms with Crippen LogP contribution in [0.25, 0.3) is 10.9 Å². The minimum atomic E-state index is -0.191. The minimum Gasteiger partial charge on any atom is -0.373 e. The predicted octanol–water partition coefficient (Wildman–Crippen LogP) is 3.58. The molecule has 8 nitrogen and oxygen atoms in total. The summed E-state index contributed by atoms with van der Waals surface area (Å²) in [6, 6.07) is 7.81. The van der Waals surface area contributed by atoms with Gasteiger partial charge in [-0.15, -0.1) is 0 Å². The second-order valence-corrected chi connectivity index (χ2v) is 9.03. The molecule has 1 aromatic carbocycles. The molecular formula is C25H30N6O2. The molecule has 0 bridgehead atoms. The summed E-state index contributed by atoms with van der Waals surface area (Å²) in [7, 11) is 1.86. The fourth-order valence-corrected chi connectivity index (χ4v) is 5.09. The Bertz CT molecular complexity index is 1230. The van der Waals surface area contributed by atoms with Crippen LogP contribution in [0.1, 0.15) is 65.4 Å². The van der Waals surface area contributed by atoms with Crippen molar-refractivity contribution in [3.63, 3.8) is 0 Å². The predicted molar refractivity (Wildman–Crippen MR) is 127 cm³/mol. The van der Waals surface area contributed by atoms with E-state index in [1.54, 1.807) is 6.92 Å². The van der Waals surface area contributed by atoms with Crippen LogP contribution in [0.5, 0.6) is 0 Å². The molecule has 2 aliphatic heterocycles. The first-order chi connectivity index (χ1) is 16.0. The largest absolute Gasteiger partial charge is 0.373 e. The van der Waals surface area contributed by atoms with Gasteiger partial charge in [-0.3, -0.25) is 9.59 Å². The average Bonchev–Trinajstić information content (AvgIpc) is 3.28. The Morgan fingerprint density at radius 1 is 1.18 bits per heavy atom. The fraction of sp³-hybridized carbons (Fsp3) is 0.440. The van der Waals surface area contributed by atoms with Crippen LogP contribution >= 0.6 is 0 Å². The highest BCUT2D eigenvalue weighted by atomic mass is 16.2. The van der Waals surface area contributed by atoms with E-state index >= 15 is 0 Å². The maximum absolute atomic E-state index is 13.6. The summed E-state index contributed by atoms with van der Waals surface area (Å²) in [5.74, 6) is 1.49. The molecule has 0 saturated carbocycles. The van der Waals surface area contributed by atoms with Crippen molar-refractivity contribution in [2.45, 2.75) is 52.1 Å². The highest BCUT2D eigenvalue weighted by Crippen LogP contribution is 2.33. The van der Waals surface area contributed by atoms with Gasteiger partial charge in [-0.25, -0.2) is 9.97 Å². The Morgan fingerprint density at radius 3 is 2.79 bits per heavy atom. The van der Waals surface area contributed by atoms with E-state index in [0.717, 1.165) is 59.2 Å². The summed E-state index contributed by atoms with van der Waals surface area (Å²) in [6.07, 6.45) is 3.54. The molecule has 1 fully saturated rings. The zero-order valence-electron chi connectivity index (χ0n) is 19.4. The smallest absolute Gasteiger partial charge is 0.270 e. The fourth-order valence-electron chi connectivity index (χ4n) is 5.09. The van der Waals surface area contributed by atoms with Gasteiger partial charge >= 0.3 is 0 Å². The number of anilines is 1. The van der Waals surface area contributed by atoms with E-state index in [0.29, 0.717) is 31.2 Å². The monoisotopic (exact) mass is 446 g/mol. The van der Waals surface area contributed by atoms with Crippen molar-refractivity contribution in [1.82, 2.24) is 24.8 Å². The van der Waals surface area contributed by atoms with Gasteiger partial charge in [0.15, 0.2) is 5.82 Å². The van der Waals surface area contributed by atoms with Gasteiger partial charge in [-0.2, -0.15) is 0 Å². The number of rotatable bonds is 3. The van der Waals surface area contributed by atoms with Gasteiger partial charge in [-0.1, -0.05) is 12.1 Å². The number of hydrogen-bond acceptors (Lipinski definition) is 5. The summed E-state index contributed by atoms with van der Waals surface area (Å²) in [5.41, 5.74) is 4.66. The molecule has 1 atom stereocenters. The summed E-state index contributed by atoms with van der Waals surface area (Å²) >= 11 is 0. The maximum atomic E-state index is 13.6. The molecule has 0 radical (unpaired) electrons. The summed E-state index contributed by atoms with van der Waals surface area (Å²) in [6.45, 7) is 5.48. The number of aryl methyl sites for hydroxylation is 1.